The van der Waals surface area contributed by atoms with Crippen molar-refractivity contribution in [2.45, 2.75) is 58.3 Å². The summed E-state index contributed by atoms with van der Waals surface area (Å²) in [6, 6.07) is 13.9. The molecule has 0 amide bonds. The maximum Gasteiger partial charge on any atom is 0.396 e. The van der Waals surface area contributed by atoms with E-state index >= 15 is 0 Å². The highest BCUT2D eigenvalue weighted by molar-refractivity contribution is 5.99. The first-order chi connectivity index (χ1) is 21.3. The second-order valence-corrected chi connectivity index (χ2v) is 13.1. The Labute approximate surface area is 258 Å². The van der Waals surface area contributed by atoms with Crippen LogP contribution in [0.2, 0.25) is 0 Å². The molecule has 2 atom stereocenters. The maximum absolute atomic E-state index is 15.0. The van der Waals surface area contributed by atoms with Gasteiger partial charge in [0.15, 0.2) is 0 Å². The molecule has 0 spiro atoms. The molecule has 9 nitrogen and oxygen atoms in total. The quantitative estimate of drug-likeness (QED) is 0.197. The number of nitrogens with zero attached hydrogens (tertiary/aromatic N) is 6. The lowest BCUT2D eigenvalue weighted by Crippen LogP contribution is -2.61. The van der Waals surface area contributed by atoms with Crippen LogP contribution in [0.25, 0.3) is 21.8 Å². The minimum absolute atomic E-state index is 0.0772. The number of pyridine rings is 2. The lowest BCUT2D eigenvalue weighted by molar-refractivity contribution is -0.210. The zero-order chi connectivity index (χ0) is 32.2. The number of aryl methyl sites for hydroxylation is 1. The minimum Gasteiger partial charge on any atom is -0.383 e. The molecule has 1 unspecified atom stereocenters. The molecule has 1 aliphatic carbocycles. The largest absolute Gasteiger partial charge is 0.396 e. The van der Waals surface area contributed by atoms with Gasteiger partial charge in [0.25, 0.3) is 0 Å². The minimum atomic E-state index is -4.54. The number of hydrogen-bond acceptors (Lipinski definition) is 9. The number of nitriles is 2. The lowest BCUT2D eigenvalue weighted by Gasteiger charge is -2.44. The summed E-state index contributed by atoms with van der Waals surface area (Å²) in [6.45, 7) is 8.36. The summed E-state index contributed by atoms with van der Waals surface area (Å²) in [5.41, 5.74) is 2.82. The van der Waals surface area contributed by atoms with Gasteiger partial charge in [-0.2, -0.15) is 28.8 Å². The van der Waals surface area contributed by atoms with Crippen LogP contribution in [0.4, 0.5) is 24.5 Å². The number of anilines is 2. The molecule has 4 aromatic rings. The van der Waals surface area contributed by atoms with Crippen LogP contribution in [0.1, 0.15) is 61.9 Å². The zero-order valence-electron chi connectivity index (χ0n) is 25.3. The number of hydrogen-bond donors (Lipinski definition) is 3. The molecule has 2 aliphatic rings. The van der Waals surface area contributed by atoms with Crippen LogP contribution >= 0.6 is 0 Å². The van der Waals surface area contributed by atoms with Crippen LogP contribution < -0.4 is 16.1 Å². The van der Waals surface area contributed by atoms with E-state index in [0.29, 0.717) is 45.5 Å². The fourth-order valence-electron chi connectivity index (χ4n) is 6.49. The predicted molar refractivity (Wildman–Crippen MR) is 165 cm³/mol. The number of nitrogens with one attached hydrogen (secondary N) is 3. The van der Waals surface area contributed by atoms with Gasteiger partial charge in [-0.3, -0.25) is 15.4 Å². The number of halogens is 3. The number of aromatic nitrogens is 2. The second-order valence-electron chi connectivity index (χ2n) is 13.1. The van der Waals surface area contributed by atoms with Crippen molar-refractivity contribution >= 4 is 33.2 Å². The van der Waals surface area contributed by atoms with Crippen molar-refractivity contribution in [2.24, 2.45) is 21.2 Å². The van der Waals surface area contributed by atoms with Crippen molar-refractivity contribution in [3.8, 4) is 12.1 Å². The number of alkyl halides is 3. The van der Waals surface area contributed by atoms with Crippen LogP contribution in [-0.4, -0.2) is 34.8 Å². The molecule has 0 bridgehead atoms. The number of benzene rings is 2. The van der Waals surface area contributed by atoms with E-state index in [1.165, 1.54) is 6.20 Å². The van der Waals surface area contributed by atoms with Crippen molar-refractivity contribution in [3.05, 3.63) is 71.0 Å². The Kier molecular flexibility index (Phi) is 7.07. The van der Waals surface area contributed by atoms with E-state index in [4.69, 9.17) is 0 Å². The van der Waals surface area contributed by atoms with Gasteiger partial charge in [0.1, 0.15) is 17.7 Å². The highest BCUT2D eigenvalue weighted by atomic mass is 19.4. The van der Waals surface area contributed by atoms with Crippen molar-refractivity contribution in [3.63, 3.8) is 0 Å². The van der Waals surface area contributed by atoms with E-state index in [2.05, 4.69) is 48.5 Å². The third-order valence-electron chi connectivity index (χ3n) is 8.92. The molecule has 1 aliphatic heterocycles. The molecule has 3 N–H and O–H groups in total. The molecule has 3 heterocycles. The SMILES string of the molecule is Cc1ccnc2cccc([C@H](Nc3cc(C#N)c4ncc(C#N)c(NCC(C)(C)C)c4c3)C3(C4(C(F)(F)F)CC4)CN=NN3)c12. The van der Waals surface area contributed by atoms with E-state index in [1.54, 1.807) is 30.5 Å². The summed E-state index contributed by atoms with van der Waals surface area (Å²) in [5.74, 6) is 0. The van der Waals surface area contributed by atoms with Crippen molar-refractivity contribution in [2.75, 3.05) is 23.7 Å². The average molecular weight is 612 g/mol. The molecule has 2 aromatic heterocycles. The number of fused-ring (bicyclic) bond motifs is 2. The first-order valence-electron chi connectivity index (χ1n) is 14.7. The highest BCUT2D eigenvalue weighted by Crippen LogP contribution is 2.67. The summed E-state index contributed by atoms with van der Waals surface area (Å²) in [7, 11) is 0. The lowest BCUT2D eigenvalue weighted by atomic mass is 9.71. The normalized spacial score (nSPS) is 19.5. The average Bonchev–Trinajstić information content (AvgIpc) is 3.69. The monoisotopic (exact) mass is 611 g/mol. The molecule has 1 fully saturated rings. The van der Waals surface area contributed by atoms with Gasteiger partial charge in [-0.05, 0) is 60.6 Å². The molecule has 12 heteroatoms. The molecular weight excluding hydrogens is 579 g/mol. The van der Waals surface area contributed by atoms with Crippen LogP contribution in [0, 0.1) is 40.4 Å². The molecule has 1 saturated carbocycles. The fourth-order valence-corrected chi connectivity index (χ4v) is 6.49. The van der Waals surface area contributed by atoms with Crippen molar-refractivity contribution in [1.29, 1.82) is 10.5 Å². The molecule has 45 heavy (non-hydrogen) atoms. The fraction of sp³-hybridized carbons (Fsp3) is 0.394. The van der Waals surface area contributed by atoms with Crippen molar-refractivity contribution < 1.29 is 13.2 Å². The molecule has 0 radical (unpaired) electrons. The topological polar surface area (TPSA) is 134 Å². The van der Waals surface area contributed by atoms with Gasteiger partial charge in [-0.15, -0.1) is 0 Å². The van der Waals surface area contributed by atoms with Crippen molar-refractivity contribution in [1.82, 2.24) is 15.4 Å². The van der Waals surface area contributed by atoms with Gasteiger partial charge in [-0.1, -0.05) is 38.1 Å². The maximum atomic E-state index is 15.0. The molecular formula is C33H32F3N9. The molecule has 0 saturated heterocycles. The Balaban J connectivity index is 1.59. The summed E-state index contributed by atoms with van der Waals surface area (Å²) in [6.07, 6.45) is -1.59. The van der Waals surface area contributed by atoms with E-state index in [1.807, 2.05) is 39.8 Å². The summed E-state index contributed by atoms with van der Waals surface area (Å²) in [5, 5.41) is 36.1. The van der Waals surface area contributed by atoms with Crippen LogP contribution in [-0.2, 0) is 0 Å². The standard InChI is InChI=1S/C33H32F3N9/c1-19-8-11-39-25-7-5-6-23(26(19)25)29(32(18-42-45-44-32)31(9-10-31)33(34,35)36)43-22-12-20(14-37)27-24(13-22)28(21(15-38)16-40-27)41-17-30(2,3)4/h5-8,11-13,16,29,43H,9-10,17-18H2,1-4H3,(H,40,41)(H,42,44)/t29-,32?/m0/s1. The van der Waals surface area contributed by atoms with Gasteiger partial charge in [0, 0.05) is 35.4 Å². The van der Waals surface area contributed by atoms with Gasteiger partial charge in [0.2, 0.25) is 0 Å². The van der Waals surface area contributed by atoms with Gasteiger partial charge in [-0.25, -0.2) is 0 Å². The molecule has 230 valence electrons. The van der Waals surface area contributed by atoms with Gasteiger partial charge < -0.3 is 10.6 Å². The van der Waals surface area contributed by atoms with E-state index in [-0.39, 0.29) is 30.4 Å². The van der Waals surface area contributed by atoms with Gasteiger partial charge >= 0.3 is 6.18 Å². The van der Waals surface area contributed by atoms with E-state index < -0.39 is 23.2 Å². The molecule has 6 rings (SSSR count). The first kappa shape index (κ1) is 30.1. The summed E-state index contributed by atoms with van der Waals surface area (Å²) in [4.78, 5) is 8.92. The van der Waals surface area contributed by atoms with E-state index in [0.717, 1.165) is 10.9 Å². The Morgan fingerprint density at radius 1 is 1.04 bits per heavy atom. The molecule has 2 aromatic carbocycles. The smallest absolute Gasteiger partial charge is 0.383 e. The Bertz CT molecular complexity index is 1910. The predicted octanol–water partition coefficient (Wildman–Crippen LogP) is 7.50. The highest BCUT2D eigenvalue weighted by Gasteiger charge is 2.77. The van der Waals surface area contributed by atoms with E-state index in [9.17, 15) is 23.7 Å². The Hall–Kier alpha value is -4.97. The third-order valence-corrected chi connectivity index (χ3v) is 8.92. The van der Waals surface area contributed by atoms with Crippen LogP contribution in [0.5, 0.6) is 0 Å². The first-order valence-corrected chi connectivity index (χ1v) is 14.7. The summed E-state index contributed by atoms with van der Waals surface area (Å²) >= 11 is 0. The summed E-state index contributed by atoms with van der Waals surface area (Å²) < 4.78 is 45.0. The van der Waals surface area contributed by atoms with Crippen LogP contribution in [0.15, 0.2) is 59.1 Å². The third kappa shape index (κ3) is 4.95. The Morgan fingerprint density at radius 2 is 1.80 bits per heavy atom. The number of rotatable bonds is 7. The Morgan fingerprint density at radius 3 is 2.42 bits per heavy atom. The van der Waals surface area contributed by atoms with Gasteiger partial charge in [0.05, 0.1) is 45.8 Å². The second kappa shape index (κ2) is 10.6. The zero-order valence-corrected chi connectivity index (χ0v) is 25.3. The van der Waals surface area contributed by atoms with Crippen LogP contribution in [0.3, 0.4) is 0 Å².